The second-order valence-electron chi connectivity index (χ2n) is 6.94. The second kappa shape index (κ2) is 7.20. The average Bonchev–Trinajstić information content (AvgIpc) is 2.84. The predicted molar refractivity (Wildman–Crippen MR) is 102 cm³/mol. The summed E-state index contributed by atoms with van der Waals surface area (Å²) in [5.74, 6) is -0.259. The Bertz CT molecular complexity index is 1010. The minimum absolute atomic E-state index is 0.0399. The van der Waals surface area contributed by atoms with Crippen molar-refractivity contribution in [3.8, 4) is 6.07 Å². The highest BCUT2D eigenvalue weighted by Crippen LogP contribution is 2.19. The molecule has 130 valence electrons. The maximum Gasteiger partial charge on any atom is 0.268 e. The van der Waals surface area contributed by atoms with Gasteiger partial charge in [-0.15, -0.1) is 11.3 Å². The Hall–Kier alpha value is -2.45. The topological polar surface area (TPSA) is 62.9 Å². The molecule has 0 spiro atoms. The monoisotopic (exact) mass is 354 g/mol. The van der Waals surface area contributed by atoms with Crippen LogP contribution in [0.3, 0.4) is 0 Å². The zero-order valence-electron chi connectivity index (χ0n) is 15.2. The van der Waals surface area contributed by atoms with Crippen molar-refractivity contribution in [1.29, 1.82) is 5.26 Å². The second-order valence-corrected chi connectivity index (χ2v) is 7.97. The number of rotatable bonds is 3. The molecule has 0 radical (unpaired) electrons. The van der Waals surface area contributed by atoms with Crippen LogP contribution in [0.15, 0.2) is 29.1 Å². The van der Waals surface area contributed by atoms with Crippen LogP contribution in [0.2, 0.25) is 0 Å². The van der Waals surface area contributed by atoms with Crippen LogP contribution in [-0.4, -0.2) is 10.4 Å². The molecule has 25 heavy (non-hydrogen) atoms. The summed E-state index contributed by atoms with van der Waals surface area (Å²) in [6, 6.07) is 9.98. The summed E-state index contributed by atoms with van der Waals surface area (Å²) in [7, 11) is 1.60. The summed E-state index contributed by atoms with van der Waals surface area (Å²) in [6.07, 6.45) is 2.76. The van der Waals surface area contributed by atoms with Crippen molar-refractivity contribution in [2.75, 3.05) is 0 Å². The van der Waals surface area contributed by atoms with E-state index in [4.69, 9.17) is 0 Å². The van der Waals surface area contributed by atoms with Crippen molar-refractivity contribution in [3.63, 3.8) is 0 Å². The van der Waals surface area contributed by atoms with Crippen LogP contribution >= 0.6 is 11.3 Å². The third-order valence-electron chi connectivity index (χ3n) is 3.95. The van der Waals surface area contributed by atoms with Gasteiger partial charge in [0.25, 0.3) is 5.56 Å². The molecule has 0 fully saturated rings. The summed E-state index contributed by atoms with van der Waals surface area (Å²) in [6.45, 7) is 7.38. The normalized spacial score (nSPS) is 13.5. The van der Waals surface area contributed by atoms with Crippen molar-refractivity contribution in [1.82, 2.24) is 4.57 Å². The van der Waals surface area contributed by atoms with Gasteiger partial charge in [0.1, 0.15) is 16.3 Å². The molecule has 0 amide bonds. The van der Waals surface area contributed by atoms with Gasteiger partial charge in [0.2, 0.25) is 0 Å². The molecule has 5 heteroatoms. The maximum atomic E-state index is 12.5. The summed E-state index contributed by atoms with van der Waals surface area (Å²) >= 11 is 1.18. The van der Waals surface area contributed by atoms with E-state index >= 15 is 0 Å². The first kappa shape index (κ1) is 18.9. The van der Waals surface area contributed by atoms with Crippen LogP contribution < -0.4 is 14.8 Å². The quantitative estimate of drug-likeness (QED) is 0.848. The van der Waals surface area contributed by atoms with E-state index in [1.165, 1.54) is 21.5 Å². The first-order valence-electron chi connectivity index (χ1n) is 8.14. The van der Waals surface area contributed by atoms with Crippen molar-refractivity contribution >= 4 is 28.8 Å². The number of carbonyl (C=O) groups is 1. The number of hydrogen-bond donors (Lipinski definition) is 0. The molecular weight excluding hydrogens is 332 g/mol. The fourth-order valence-corrected chi connectivity index (χ4v) is 3.44. The van der Waals surface area contributed by atoms with E-state index in [2.05, 4.69) is 6.92 Å². The molecule has 1 aromatic heterocycles. The number of nitrogens with zero attached hydrogens (tertiary/aromatic N) is 2. The molecule has 0 bridgehead atoms. The molecular formula is C20H22N2O2S. The number of ketones is 1. The third kappa shape index (κ3) is 3.97. The van der Waals surface area contributed by atoms with Crippen molar-refractivity contribution in [2.24, 2.45) is 12.5 Å². The van der Waals surface area contributed by atoms with Crippen LogP contribution in [-0.2, 0) is 18.3 Å². The SMILES string of the molecule is CCc1ccc(/C=c2\s/c(=C(/C#N)C(=O)C(C)(C)C)n(C)c2=O)cc1. The molecule has 0 aliphatic carbocycles. The van der Waals surface area contributed by atoms with Gasteiger partial charge < -0.3 is 4.57 Å². The molecule has 0 saturated carbocycles. The largest absolute Gasteiger partial charge is 0.301 e. The summed E-state index contributed by atoms with van der Waals surface area (Å²) < 4.78 is 2.30. The lowest BCUT2D eigenvalue weighted by Crippen LogP contribution is -2.32. The fraction of sp³-hybridized carbons (Fsp3) is 0.350. The number of carbonyl (C=O) groups excluding carboxylic acids is 1. The lowest BCUT2D eigenvalue weighted by atomic mass is 9.87. The smallest absolute Gasteiger partial charge is 0.268 e. The zero-order valence-corrected chi connectivity index (χ0v) is 16.0. The summed E-state index contributed by atoms with van der Waals surface area (Å²) in [5, 5.41) is 9.46. The Labute approximate surface area is 151 Å². The Kier molecular flexibility index (Phi) is 5.44. The number of thiazole rings is 1. The van der Waals surface area contributed by atoms with Gasteiger partial charge >= 0.3 is 0 Å². The molecule has 0 aliphatic heterocycles. The predicted octanol–water partition coefficient (Wildman–Crippen LogP) is 2.13. The molecule has 0 unspecified atom stereocenters. The molecule has 0 saturated heterocycles. The number of hydrogen-bond acceptors (Lipinski definition) is 4. The van der Waals surface area contributed by atoms with E-state index in [-0.39, 0.29) is 16.9 Å². The zero-order chi connectivity index (χ0) is 18.8. The molecule has 4 nitrogen and oxygen atoms in total. The fourth-order valence-electron chi connectivity index (χ4n) is 2.36. The van der Waals surface area contributed by atoms with Gasteiger partial charge in [-0.2, -0.15) is 5.26 Å². The van der Waals surface area contributed by atoms with E-state index < -0.39 is 5.41 Å². The first-order chi connectivity index (χ1) is 11.7. The van der Waals surface area contributed by atoms with Gasteiger partial charge in [0.15, 0.2) is 5.78 Å². The van der Waals surface area contributed by atoms with Gasteiger partial charge in [0.05, 0.1) is 4.53 Å². The minimum Gasteiger partial charge on any atom is -0.301 e. The number of benzene rings is 1. The number of Topliss-reactive ketones (excluding diaryl/α,β-unsaturated/α-hetero) is 1. The van der Waals surface area contributed by atoms with Gasteiger partial charge in [-0.1, -0.05) is 52.0 Å². The van der Waals surface area contributed by atoms with E-state index in [1.54, 1.807) is 33.9 Å². The van der Waals surface area contributed by atoms with Crippen LogP contribution in [0.1, 0.15) is 38.8 Å². The molecule has 2 aromatic rings. The molecule has 0 aliphatic rings. The lowest BCUT2D eigenvalue weighted by Gasteiger charge is -2.15. The van der Waals surface area contributed by atoms with Crippen molar-refractivity contribution in [3.05, 3.63) is 54.9 Å². The molecule has 0 atom stereocenters. The average molecular weight is 354 g/mol. The first-order valence-corrected chi connectivity index (χ1v) is 8.96. The van der Waals surface area contributed by atoms with Crippen LogP contribution in [0, 0.1) is 16.7 Å². The molecule has 1 aromatic carbocycles. The third-order valence-corrected chi connectivity index (χ3v) is 5.13. The maximum absolute atomic E-state index is 12.5. The Morgan fingerprint density at radius 2 is 1.88 bits per heavy atom. The molecule has 0 N–H and O–H groups in total. The van der Waals surface area contributed by atoms with E-state index in [0.717, 1.165) is 12.0 Å². The Morgan fingerprint density at radius 3 is 2.36 bits per heavy atom. The Morgan fingerprint density at radius 1 is 1.28 bits per heavy atom. The number of aryl methyl sites for hydroxylation is 1. The highest BCUT2D eigenvalue weighted by molar-refractivity contribution is 7.07. The van der Waals surface area contributed by atoms with E-state index in [1.807, 2.05) is 30.3 Å². The molecule has 1 heterocycles. The summed E-state index contributed by atoms with van der Waals surface area (Å²) in [4.78, 5) is 25.0. The highest BCUT2D eigenvalue weighted by atomic mass is 32.1. The van der Waals surface area contributed by atoms with Gasteiger partial charge in [-0.05, 0) is 23.6 Å². The Balaban J connectivity index is 2.69. The standard InChI is InChI=1S/C20H22N2O2S/c1-6-13-7-9-14(10-8-13)11-16-18(24)22(5)19(25-16)15(12-21)17(23)20(2,3)4/h7-11H,6H2,1-5H3/b16-11-,19-15-. The van der Waals surface area contributed by atoms with E-state index in [0.29, 0.717) is 9.20 Å². The summed E-state index contributed by atoms with van der Waals surface area (Å²) in [5.41, 5.74) is 1.31. The highest BCUT2D eigenvalue weighted by Gasteiger charge is 2.26. The van der Waals surface area contributed by atoms with Gasteiger partial charge in [0, 0.05) is 12.5 Å². The number of aromatic nitrogens is 1. The van der Waals surface area contributed by atoms with Crippen LogP contribution in [0.5, 0.6) is 0 Å². The van der Waals surface area contributed by atoms with Crippen LogP contribution in [0.25, 0.3) is 11.6 Å². The van der Waals surface area contributed by atoms with Crippen molar-refractivity contribution in [2.45, 2.75) is 34.1 Å². The van der Waals surface area contributed by atoms with Crippen LogP contribution in [0.4, 0.5) is 0 Å². The number of nitriles is 1. The molecule has 2 rings (SSSR count). The van der Waals surface area contributed by atoms with Gasteiger partial charge in [-0.25, -0.2) is 0 Å². The van der Waals surface area contributed by atoms with Crippen molar-refractivity contribution < 1.29 is 4.79 Å². The lowest BCUT2D eigenvalue weighted by molar-refractivity contribution is -0.120. The minimum atomic E-state index is -0.676. The van der Waals surface area contributed by atoms with E-state index in [9.17, 15) is 14.9 Å². The van der Waals surface area contributed by atoms with Gasteiger partial charge in [-0.3, -0.25) is 9.59 Å².